The Morgan fingerprint density at radius 1 is 0.921 bits per heavy atom. The molecule has 5 atom stereocenters. The van der Waals surface area contributed by atoms with Crippen molar-refractivity contribution in [2.24, 2.45) is 17.4 Å². The predicted octanol–water partition coefficient (Wildman–Crippen LogP) is -1.12. The number of nitrogens with one attached hydrogen (secondary N) is 4. The number of benzene rings is 1. The van der Waals surface area contributed by atoms with E-state index in [-0.39, 0.29) is 18.8 Å². The number of aromatic amines is 1. The summed E-state index contributed by atoms with van der Waals surface area (Å²) in [7, 11) is 0. The summed E-state index contributed by atoms with van der Waals surface area (Å²) in [6.45, 7) is 4.93. The standard InChI is InChI=1S/C25H36N6O7/c1-12(2)8-17(30-24(36)21(27)13(3)32)22(34)29-18(10-20(26)33)23(35)31-19(25(37)38)9-14-11-28-16-7-5-4-6-15(14)16/h4-7,11-13,17-19,21,28,32H,8-10,27H2,1-3H3,(H2,26,33)(H,29,34)(H,30,36)(H,31,35)(H,37,38). The normalized spacial score (nSPS) is 15.2. The number of aliphatic hydroxyl groups excluding tert-OH is 1. The lowest BCUT2D eigenvalue weighted by molar-refractivity contribution is -0.142. The van der Waals surface area contributed by atoms with Crippen molar-refractivity contribution in [1.29, 1.82) is 0 Å². The summed E-state index contributed by atoms with van der Waals surface area (Å²) < 4.78 is 0. The molecule has 208 valence electrons. The number of hydrogen-bond acceptors (Lipinski definition) is 7. The first kappa shape index (κ1) is 30.3. The van der Waals surface area contributed by atoms with Gasteiger partial charge in [-0.25, -0.2) is 4.79 Å². The summed E-state index contributed by atoms with van der Waals surface area (Å²) in [6.07, 6.45) is -0.0332. The molecular formula is C25H36N6O7. The summed E-state index contributed by atoms with van der Waals surface area (Å²) in [5, 5.41) is 27.3. The predicted molar refractivity (Wildman–Crippen MR) is 138 cm³/mol. The molecular weight excluding hydrogens is 496 g/mol. The number of carboxylic acids is 1. The first-order chi connectivity index (χ1) is 17.8. The van der Waals surface area contributed by atoms with Crippen LogP contribution in [0.15, 0.2) is 30.5 Å². The van der Waals surface area contributed by atoms with Crippen molar-refractivity contribution in [3.05, 3.63) is 36.0 Å². The van der Waals surface area contributed by atoms with Gasteiger partial charge in [-0.2, -0.15) is 0 Å². The molecule has 0 radical (unpaired) electrons. The Hall–Kier alpha value is -3.97. The van der Waals surface area contributed by atoms with Crippen LogP contribution in [-0.2, 0) is 30.4 Å². The molecule has 0 saturated heterocycles. The second-order valence-electron chi connectivity index (χ2n) is 9.65. The fourth-order valence-corrected chi connectivity index (χ4v) is 3.87. The van der Waals surface area contributed by atoms with E-state index in [1.165, 1.54) is 6.92 Å². The maximum Gasteiger partial charge on any atom is 0.326 e. The third-order valence-corrected chi connectivity index (χ3v) is 5.91. The zero-order valence-electron chi connectivity index (χ0n) is 21.6. The van der Waals surface area contributed by atoms with Gasteiger partial charge >= 0.3 is 5.97 Å². The molecule has 0 aliphatic heterocycles. The number of fused-ring (bicyclic) bond motifs is 1. The van der Waals surface area contributed by atoms with Gasteiger partial charge in [0.25, 0.3) is 0 Å². The van der Waals surface area contributed by atoms with Gasteiger partial charge in [-0.05, 0) is 30.9 Å². The average Bonchev–Trinajstić information content (AvgIpc) is 3.24. The number of carboxylic acid groups (broad SMARTS) is 1. The molecule has 0 bridgehead atoms. The van der Waals surface area contributed by atoms with E-state index in [1.807, 2.05) is 18.2 Å². The number of aliphatic hydroxyl groups is 1. The number of H-pyrrole nitrogens is 1. The Kier molecular flexibility index (Phi) is 10.8. The van der Waals surface area contributed by atoms with Crippen LogP contribution in [0.5, 0.6) is 0 Å². The van der Waals surface area contributed by atoms with E-state index in [9.17, 15) is 34.2 Å². The van der Waals surface area contributed by atoms with E-state index in [1.54, 1.807) is 26.1 Å². The summed E-state index contributed by atoms with van der Waals surface area (Å²) in [6, 6.07) is 1.96. The molecule has 13 heteroatoms. The number of rotatable bonds is 14. The number of carbonyl (C=O) groups excluding carboxylic acids is 4. The van der Waals surface area contributed by atoms with Crippen molar-refractivity contribution in [3.8, 4) is 0 Å². The molecule has 0 aliphatic rings. The van der Waals surface area contributed by atoms with E-state index in [4.69, 9.17) is 11.5 Å². The highest BCUT2D eigenvalue weighted by Crippen LogP contribution is 2.19. The molecule has 13 nitrogen and oxygen atoms in total. The summed E-state index contributed by atoms with van der Waals surface area (Å²) in [4.78, 5) is 65.1. The molecule has 5 unspecified atom stereocenters. The third kappa shape index (κ3) is 8.56. The van der Waals surface area contributed by atoms with Crippen LogP contribution in [0.3, 0.4) is 0 Å². The highest BCUT2D eigenvalue weighted by atomic mass is 16.4. The Labute approximate surface area is 219 Å². The third-order valence-electron chi connectivity index (χ3n) is 5.91. The first-order valence-corrected chi connectivity index (χ1v) is 12.2. The lowest BCUT2D eigenvalue weighted by atomic mass is 10.0. The van der Waals surface area contributed by atoms with Crippen molar-refractivity contribution < 1.29 is 34.2 Å². The highest BCUT2D eigenvalue weighted by Gasteiger charge is 2.32. The Bertz CT molecular complexity index is 1160. The lowest BCUT2D eigenvalue weighted by Crippen LogP contribution is -2.59. The maximum atomic E-state index is 13.0. The zero-order valence-corrected chi connectivity index (χ0v) is 21.6. The summed E-state index contributed by atoms with van der Waals surface area (Å²) in [5.41, 5.74) is 12.4. The van der Waals surface area contributed by atoms with Gasteiger partial charge in [0.2, 0.25) is 23.6 Å². The fraction of sp³-hybridized carbons (Fsp3) is 0.480. The van der Waals surface area contributed by atoms with Crippen LogP contribution in [0.25, 0.3) is 10.9 Å². The van der Waals surface area contributed by atoms with Gasteiger partial charge in [-0.3, -0.25) is 19.2 Å². The number of primary amides is 1. The number of amides is 4. The monoisotopic (exact) mass is 532 g/mol. The molecule has 4 amide bonds. The van der Waals surface area contributed by atoms with Crippen molar-refractivity contribution in [2.45, 2.75) is 70.3 Å². The quantitative estimate of drug-likeness (QED) is 0.148. The Morgan fingerprint density at radius 3 is 2.08 bits per heavy atom. The second kappa shape index (κ2) is 13.5. The summed E-state index contributed by atoms with van der Waals surface area (Å²) in [5.74, 6) is -4.79. The van der Waals surface area contributed by atoms with Crippen LogP contribution in [0.4, 0.5) is 0 Å². The van der Waals surface area contributed by atoms with Crippen molar-refractivity contribution >= 4 is 40.5 Å². The summed E-state index contributed by atoms with van der Waals surface area (Å²) >= 11 is 0. The van der Waals surface area contributed by atoms with Crippen LogP contribution < -0.4 is 27.4 Å². The molecule has 0 aliphatic carbocycles. The molecule has 1 heterocycles. The van der Waals surface area contributed by atoms with Gasteiger partial charge in [-0.1, -0.05) is 32.0 Å². The first-order valence-electron chi connectivity index (χ1n) is 12.2. The van der Waals surface area contributed by atoms with Gasteiger partial charge in [0.15, 0.2) is 0 Å². The SMILES string of the molecule is CC(C)CC(NC(=O)C(N)C(C)O)C(=O)NC(CC(N)=O)C(=O)NC(Cc1c[nH]c2ccccc12)C(=O)O. The number of aromatic nitrogens is 1. The van der Waals surface area contributed by atoms with Crippen LogP contribution in [0.1, 0.15) is 39.2 Å². The van der Waals surface area contributed by atoms with Crippen molar-refractivity contribution in [3.63, 3.8) is 0 Å². The van der Waals surface area contributed by atoms with Crippen LogP contribution >= 0.6 is 0 Å². The topological polar surface area (TPSA) is 230 Å². The van der Waals surface area contributed by atoms with E-state index >= 15 is 0 Å². The van der Waals surface area contributed by atoms with Gasteiger partial charge < -0.3 is 42.6 Å². The second-order valence-corrected chi connectivity index (χ2v) is 9.65. The average molecular weight is 533 g/mol. The number of aliphatic carboxylic acids is 1. The molecule has 1 aromatic heterocycles. The number of nitrogens with two attached hydrogens (primary N) is 2. The van der Waals surface area contributed by atoms with Crippen molar-refractivity contribution in [2.75, 3.05) is 0 Å². The largest absolute Gasteiger partial charge is 0.480 e. The smallest absolute Gasteiger partial charge is 0.326 e. The van der Waals surface area contributed by atoms with Crippen molar-refractivity contribution in [1.82, 2.24) is 20.9 Å². The fourth-order valence-electron chi connectivity index (χ4n) is 3.87. The lowest BCUT2D eigenvalue weighted by Gasteiger charge is -2.26. The van der Waals surface area contributed by atoms with Gasteiger partial charge in [0, 0.05) is 23.5 Å². The Balaban J connectivity index is 2.19. The molecule has 2 rings (SSSR count). The van der Waals surface area contributed by atoms with E-state index in [0.717, 1.165) is 10.9 Å². The highest BCUT2D eigenvalue weighted by molar-refractivity contribution is 5.96. The molecule has 0 saturated carbocycles. The van der Waals surface area contributed by atoms with Crippen LogP contribution in [0.2, 0.25) is 0 Å². The minimum absolute atomic E-state index is 0.0639. The van der Waals surface area contributed by atoms with E-state index < -0.39 is 66.3 Å². The molecule has 1 aromatic carbocycles. The molecule has 0 spiro atoms. The number of para-hydroxylation sites is 1. The van der Waals surface area contributed by atoms with Gasteiger partial charge in [0.1, 0.15) is 24.2 Å². The molecule has 10 N–H and O–H groups in total. The van der Waals surface area contributed by atoms with E-state index in [0.29, 0.717) is 5.56 Å². The van der Waals surface area contributed by atoms with Crippen LogP contribution in [-0.4, -0.2) is 75.1 Å². The molecule has 2 aromatic rings. The molecule has 38 heavy (non-hydrogen) atoms. The Morgan fingerprint density at radius 2 is 1.50 bits per heavy atom. The minimum atomic E-state index is -1.50. The molecule has 0 fully saturated rings. The van der Waals surface area contributed by atoms with Crippen LogP contribution in [0, 0.1) is 5.92 Å². The zero-order chi connectivity index (χ0) is 28.6. The number of hydrogen-bond donors (Lipinski definition) is 8. The van der Waals surface area contributed by atoms with Gasteiger partial charge in [-0.15, -0.1) is 0 Å². The van der Waals surface area contributed by atoms with Gasteiger partial charge in [0.05, 0.1) is 12.5 Å². The number of carbonyl (C=O) groups is 5. The maximum absolute atomic E-state index is 13.0. The van der Waals surface area contributed by atoms with E-state index in [2.05, 4.69) is 20.9 Å². The minimum Gasteiger partial charge on any atom is -0.480 e.